The highest BCUT2D eigenvalue weighted by molar-refractivity contribution is 7.97. The van der Waals surface area contributed by atoms with Crippen molar-refractivity contribution in [2.75, 3.05) is 16.5 Å². The van der Waals surface area contributed by atoms with Crippen molar-refractivity contribution in [3.05, 3.63) is 74.0 Å². The lowest BCUT2D eigenvalue weighted by molar-refractivity contribution is -0.143. The van der Waals surface area contributed by atoms with E-state index in [0.717, 1.165) is 22.2 Å². The van der Waals surface area contributed by atoms with Crippen LogP contribution in [0.5, 0.6) is 0 Å². The van der Waals surface area contributed by atoms with Crippen LogP contribution >= 0.6 is 23.5 Å². The Hall–Kier alpha value is -3.78. The molecule has 1 aliphatic rings. The molecular formula is C26H26ClF3N8O2S. The molecule has 0 spiro atoms. The van der Waals surface area contributed by atoms with Gasteiger partial charge in [0, 0.05) is 31.0 Å². The maximum Gasteiger partial charge on any atom is 0.408 e. The van der Waals surface area contributed by atoms with Gasteiger partial charge in [0.1, 0.15) is 11.7 Å². The molecule has 1 aliphatic heterocycles. The summed E-state index contributed by atoms with van der Waals surface area (Å²) in [4.78, 5) is 37.0. The first kappa shape index (κ1) is 28.7. The van der Waals surface area contributed by atoms with Crippen molar-refractivity contribution < 1.29 is 18.0 Å². The molecule has 4 heterocycles. The van der Waals surface area contributed by atoms with Crippen LogP contribution in [0.25, 0.3) is 10.9 Å². The Bertz CT molecular complexity index is 1720. The van der Waals surface area contributed by atoms with Gasteiger partial charge in [-0.2, -0.15) is 18.3 Å². The third-order valence-corrected chi connectivity index (χ3v) is 7.39. The molecule has 10 nitrogen and oxygen atoms in total. The number of alkyl halides is 3. The van der Waals surface area contributed by atoms with Crippen LogP contribution in [0.4, 0.5) is 24.8 Å². The summed E-state index contributed by atoms with van der Waals surface area (Å²) in [6.07, 6.45) is -1.27. The lowest BCUT2D eigenvalue weighted by Gasteiger charge is -2.23. The highest BCUT2D eigenvalue weighted by atomic mass is 35.5. The van der Waals surface area contributed by atoms with Crippen LogP contribution in [0, 0.1) is 6.92 Å². The molecule has 0 radical (unpaired) electrons. The van der Waals surface area contributed by atoms with Crippen LogP contribution in [-0.2, 0) is 26.7 Å². The fourth-order valence-electron chi connectivity index (χ4n) is 4.99. The molecule has 2 N–H and O–H groups in total. The Morgan fingerprint density at radius 1 is 1.22 bits per heavy atom. The fourth-order valence-corrected chi connectivity index (χ4v) is 5.41. The number of hydrogen-bond donors (Lipinski definition) is 2. The predicted octanol–water partition coefficient (Wildman–Crippen LogP) is 4.75. The lowest BCUT2D eigenvalue weighted by atomic mass is 10.0. The molecule has 1 amide bonds. The molecule has 0 saturated heterocycles. The minimum absolute atomic E-state index is 0.114. The summed E-state index contributed by atoms with van der Waals surface area (Å²) in [5.74, 6) is -0.0986. The second-order valence-electron chi connectivity index (χ2n) is 9.80. The van der Waals surface area contributed by atoms with E-state index in [2.05, 4.69) is 20.1 Å². The first-order valence-corrected chi connectivity index (χ1v) is 14.1. The van der Waals surface area contributed by atoms with Crippen molar-refractivity contribution in [2.24, 2.45) is 7.05 Å². The third-order valence-electron chi connectivity index (χ3n) is 6.79. The number of fused-ring (bicyclic) bond motifs is 2. The van der Waals surface area contributed by atoms with Gasteiger partial charge in [-0.3, -0.25) is 23.6 Å². The van der Waals surface area contributed by atoms with E-state index in [1.54, 1.807) is 36.4 Å². The van der Waals surface area contributed by atoms with E-state index < -0.39 is 24.7 Å². The van der Waals surface area contributed by atoms with E-state index >= 15 is 0 Å². The molecular weight excluding hydrogens is 581 g/mol. The van der Waals surface area contributed by atoms with Gasteiger partial charge >= 0.3 is 6.18 Å². The molecule has 0 aliphatic carbocycles. The summed E-state index contributed by atoms with van der Waals surface area (Å²) < 4.78 is 44.2. The first-order chi connectivity index (χ1) is 19.4. The largest absolute Gasteiger partial charge is 0.408 e. The number of nitrogens with zero attached hydrogens (tertiary/aromatic N) is 6. The van der Waals surface area contributed by atoms with Crippen LogP contribution in [0.2, 0.25) is 5.15 Å². The van der Waals surface area contributed by atoms with Crippen LogP contribution in [0.1, 0.15) is 45.8 Å². The van der Waals surface area contributed by atoms with Gasteiger partial charge in [-0.15, -0.1) is 0 Å². The smallest absolute Gasteiger partial charge is 0.377 e. The minimum Gasteiger partial charge on any atom is -0.377 e. The highest BCUT2D eigenvalue weighted by Gasteiger charge is 2.33. The standard InChI is InChI=1S/C26H26ClF3N8O2S/c1-13-7-16(14(2)32-18-5-6-20(27)33-22(18)23(39)35-41-4)21-17(8-13)24(40)36(3)25(34-21)37-10-15-9-31-38(19(15)11-37)12-26(28,29)30/h5-9,14,32H,10-12H2,1-4H3,(H,35,39). The van der Waals surface area contributed by atoms with Gasteiger partial charge in [0.2, 0.25) is 5.95 Å². The van der Waals surface area contributed by atoms with Crippen molar-refractivity contribution in [3.63, 3.8) is 0 Å². The summed E-state index contributed by atoms with van der Waals surface area (Å²) >= 11 is 7.18. The van der Waals surface area contributed by atoms with Gasteiger partial charge in [0.05, 0.1) is 41.1 Å². The SMILES string of the molecule is CSNC(=O)c1nc(Cl)ccc1NC(C)c1cc(C)cc2c(=O)n(C)c(N3Cc4cnn(CC(F)(F)F)c4C3)nc12. The molecule has 15 heteroatoms. The van der Waals surface area contributed by atoms with Gasteiger partial charge in [-0.1, -0.05) is 29.6 Å². The number of anilines is 2. The Morgan fingerprint density at radius 2 is 1.98 bits per heavy atom. The van der Waals surface area contributed by atoms with E-state index in [1.807, 2.05) is 19.9 Å². The number of pyridine rings is 1. The summed E-state index contributed by atoms with van der Waals surface area (Å²) in [6.45, 7) is 2.93. The minimum atomic E-state index is -4.41. The Balaban J connectivity index is 1.54. The second kappa shape index (κ2) is 10.9. The summed E-state index contributed by atoms with van der Waals surface area (Å²) in [5, 5.41) is 7.76. The van der Waals surface area contributed by atoms with Crippen molar-refractivity contribution in [1.29, 1.82) is 0 Å². The fraction of sp³-hybridized carbons (Fsp3) is 0.346. The van der Waals surface area contributed by atoms with Crippen molar-refractivity contribution in [1.82, 2.24) is 29.0 Å². The quantitative estimate of drug-likeness (QED) is 0.229. The molecule has 5 rings (SSSR count). The van der Waals surface area contributed by atoms with E-state index in [0.29, 0.717) is 39.4 Å². The zero-order chi connectivity index (χ0) is 29.6. The zero-order valence-electron chi connectivity index (χ0n) is 22.5. The van der Waals surface area contributed by atoms with Crippen LogP contribution < -0.4 is 20.5 Å². The number of carbonyl (C=O) groups excluding carboxylic acids is 1. The van der Waals surface area contributed by atoms with Gasteiger partial charge in [-0.25, -0.2) is 9.97 Å². The van der Waals surface area contributed by atoms with E-state index in [9.17, 15) is 22.8 Å². The van der Waals surface area contributed by atoms with Crippen molar-refractivity contribution in [2.45, 2.75) is 45.7 Å². The molecule has 0 saturated carbocycles. The average molecular weight is 607 g/mol. The molecule has 0 fully saturated rings. The summed E-state index contributed by atoms with van der Waals surface area (Å²) in [6, 6.07) is 6.46. The zero-order valence-corrected chi connectivity index (χ0v) is 24.1. The Morgan fingerprint density at radius 3 is 2.68 bits per heavy atom. The van der Waals surface area contributed by atoms with Gasteiger partial charge in [0.25, 0.3) is 11.5 Å². The number of rotatable bonds is 7. The van der Waals surface area contributed by atoms with Gasteiger partial charge in [-0.05, 0) is 37.6 Å². The van der Waals surface area contributed by atoms with Crippen molar-refractivity contribution >= 4 is 52.0 Å². The van der Waals surface area contributed by atoms with E-state index in [-0.39, 0.29) is 29.5 Å². The van der Waals surface area contributed by atoms with Gasteiger partial charge < -0.3 is 10.2 Å². The molecule has 1 aromatic carbocycles. The maximum absolute atomic E-state index is 13.5. The number of carbonyl (C=O) groups is 1. The average Bonchev–Trinajstić information content (AvgIpc) is 3.48. The molecule has 41 heavy (non-hydrogen) atoms. The number of hydrogen-bond acceptors (Lipinski definition) is 8. The van der Waals surface area contributed by atoms with Crippen LogP contribution in [0.3, 0.4) is 0 Å². The number of benzene rings is 1. The lowest BCUT2D eigenvalue weighted by Crippen LogP contribution is -2.29. The number of aryl methyl sites for hydroxylation is 1. The Kier molecular flexibility index (Phi) is 7.64. The second-order valence-corrected chi connectivity index (χ2v) is 10.8. The topological polar surface area (TPSA) is 110 Å². The van der Waals surface area contributed by atoms with Crippen LogP contribution in [0.15, 0.2) is 35.3 Å². The van der Waals surface area contributed by atoms with Gasteiger partial charge in [0.15, 0.2) is 5.69 Å². The molecule has 1 atom stereocenters. The predicted molar refractivity (Wildman–Crippen MR) is 152 cm³/mol. The normalized spacial score (nSPS) is 13.9. The Labute approximate surface area is 242 Å². The maximum atomic E-state index is 13.5. The third kappa shape index (κ3) is 5.71. The number of aromatic nitrogens is 5. The molecule has 4 aromatic rings. The van der Waals surface area contributed by atoms with Crippen molar-refractivity contribution in [3.8, 4) is 0 Å². The van der Waals surface area contributed by atoms with E-state index in [1.165, 1.54) is 10.8 Å². The molecule has 3 aromatic heterocycles. The molecule has 216 valence electrons. The highest BCUT2D eigenvalue weighted by Crippen LogP contribution is 2.32. The number of halogens is 4. The summed E-state index contributed by atoms with van der Waals surface area (Å²) in [7, 11) is 1.59. The van der Waals surface area contributed by atoms with E-state index in [4.69, 9.17) is 16.6 Å². The van der Waals surface area contributed by atoms with Crippen LogP contribution in [-0.4, -0.2) is 42.7 Å². The number of amides is 1. The molecule has 0 bridgehead atoms. The molecule has 1 unspecified atom stereocenters. The number of nitrogens with one attached hydrogen (secondary N) is 2. The summed E-state index contributed by atoms with van der Waals surface area (Å²) in [5.41, 5.74) is 3.32. The first-order valence-electron chi connectivity index (χ1n) is 12.5. The monoisotopic (exact) mass is 606 g/mol.